The Morgan fingerprint density at radius 1 is 0.545 bits per heavy atom. The van der Waals surface area contributed by atoms with Crippen LogP contribution >= 0.6 is 11.3 Å². The van der Waals surface area contributed by atoms with Crippen molar-refractivity contribution in [1.82, 2.24) is 4.57 Å². The topological polar surface area (TPSA) is 18.1 Å². The van der Waals surface area contributed by atoms with Crippen LogP contribution in [-0.4, -0.2) is 4.57 Å². The molecule has 0 radical (unpaired) electrons. The van der Waals surface area contributed by atoms with Crippen LogP contribution in [0.4, 0.5) is 0 Å². The zero-order valence-electron chi connectivity index (χ0n) is 17.6. The molecule has 0 atom stereocenters. The molecule has 0 N–H and O–H groups in total. The van der Waals surface area contributed by atoms with E-state index in [-0.39, 0.29) is 0 Å². The van der Waals surface area contributed by atoms with Crippen LogP contribution in [0.5, 0.6) is 0 Å². The molecule has 154 valence electrons. The third-order valence-corrected chi connectivity index (χ3v) is 7.95. The monoisotopic (exact) mass is 439 g/mol. The van der Waals surface area contributed by atoms with E-state index in [1.807, 2.05) is 17.4 Å². The van der Waals surface area contributed by atoms with Gasteiger partial charge in [0.2, 0.25) is 0 Å². The standard InChI is InChI=1S/C30H17NOS/c1-4-10-24-22(9-1)29-25(15-14-21-19-7-2-5-11-26(19)32-30(21)29)31(24)18-13-16-28-23(17-18)20-8-3-6-12-27(20)33-28/h1-17H. The lowest BCUT2D eigenvalue weighted by Gasteiger charge is -2.08. The molecule has 2 nitrogen and oxygen atoms in total. The highest BCUT2D eigenvalue weighted by molar-refractivity contribution is 7.25. The number of thiophene rings is 1. The van der Waals surface area contributed by atoms with E-state index in [9.17, 15) is 0 Å². The van der Waals surface area contributed by atoms with Gasteiger partial charge in [-0.05, 0) is 48.5 Å². The van der Waals surface area contributed by atoms with Crippen molar-refractivity contribution in [2.75, 3.05) is 0 Å². The molecule has 0 aliphatic carbocycles. The molecule has 5 aromatic carbocycles. The molecule has 33 heavy (non-hydrogen) atoms. The van der Waals surface area contributed by atoms with Gasteiger partial charge in [-0.1, -0.05) is 54.6 Å². The van der Waals surface area contributed by atoms with Crippen molar-refractivity contribution in [1.29, 1.82) is 0 Å². The maximum atomic E-state index is 6.43. The van der Waals surface area contributed by atoms with E-state index < -0.39 is 0 Å². The number of aromatic nitrogens is 1. The maximum absolute atomic E-state index is 6.43. The molecular weight excluding hydrogens is 422 g/mol. The summed E-state index contributed by atoms with van der Waals surface area (Å²) in [4.78, 5) is 0. The van der Waals surface area contributed by atoms with Gasteiger partial charge in [-0.2, -0.15) is 0 Å². The highest BCUT2D eigenvalue weighted by Crippen LogP contribution is 2.41. The molecule has 8 aromatic rings. The normalized spacial score (nSPS) is 12.2. The Hall–Kier alpha value is -4.08. The summed E-state index contributed by atoms with van der Waals surface area (Å²) >= 11 is 1.85. The average molecular weight is 440 g/mol. The van der Waals surface area contributed by atoms with E-state index in [2.05, 4.69) is 102 Å². The second-order valence-corrected chi connectivity index (χ2v) is 9.65. The minimum atomic E-state index is 0.933. The maximum Gasteiger partial charge on any atom is 0.145 e. The van der Waals surface area contributed by atoms with Crippen LogP contribution in [0.3, 0.4) is 0 Å². The molecule has 3 aromatic heterocycles. The molecule has 8 rings (SSSR count). The second kappa shape index (κ2) is 6.25. The van der Waals surface area contributed by atoms with Crippen LogP contribution in [-0.2, 0) is 0 Å². The van der Waals surface area contributed by atoms with Gasteiger partial charge in [-0.25, -0.2) is 0 Å². The van der Waals surface area contributed by atoms with Crippen molar-refractivity contribution in [3.05, 3.63) is 103 Å². The predicted octanol–water partition coefficient (Wildman–Crippen LogP) is 9.05. The predicted molar refractivity (Wildman–Crippen MR) is 141 cm³/mol. The Kier molecular flexibility index (Phi) is 3.31. The second-order valence-electron chi connectivity index (χ2n) is 8.57. The molecule has 0 amide bonds. The molecule has 0 saturated heterocycles. The van der Waals surface area contributed by atoms with Gasteiger partial charge in [0.1, 0.15) is 11.2 Å². The Bertz CT molecular complexity index is 2040. The van der Waals surface area contributed by atoms with Crippen LogP contribution in [0.15, 0.2) is 108 Å². The summed E-state index contributed by atoms with van der Waals surface area (Å²) in [6, 6.07) is 36.9. The number of nitrogens with zero attached hydrogens (tertiary/aromatic N) is 1. The summed E-state index contributed by atoms with van der Waals surface area (Å²) in [5.74, 6) is 0. The number of benzene rings is 5. The number of para-hydroxylation sites is 2. The van der Waals surface area contributed by atoms with Gasteiger partial charge in [0.15, 0.2) is 0 Å². The number of hydrogen-bond donors (Lipinski definition) is 0. The zero-order valence-corrected chi connectivity index (χ0v) is 18.4. The van der Waals surface area contributed by atoms with Crippen molar-refractivity contribution >= 4 is 75.3 Å². The van der Waals surface area contributed by atoms with Gasteiger partial charge in [0, 0.05) is 42.0 Å². The molecule has 0 aliphatic heterocycles. The van der Waals surface area contributed by atoms with Crippen LogP contribution < -0.4 is 0 Å². The van der Waals surface area contributed by atoms with E-state index >= 15 is 0 Å². The Balaban J connectivity index is 1.53. The lowest BCUT2D eigenvalue weighted by atomic mass is 10.1. The lowest BCUT2D eigenvalue weighted by Crippen LogP contribution is -1.93. The molecule has 3 heterocycles. The Morgan fingerprint density at radius 3 is 2.24 bits per heavy atom. The van der Waals surface area contributed by atoms with Crippen molar-refractivity contribution in [3.8, 4) is 5.69 Å². The smallest absolute Gasteiger partial charge is 0.145 e. The summed E-state index contributed by atoms with van der Waals surface area (Å²) < 4.78 is 11.5. The first kappa shape index (κ1) is 17.5. The minimum Gasteiger partial charge on any atom is -0.455 e. The first-order valence-electron chi connectivity index (χ1n) is 11.1. The molecule has 0 saturated carbocycles. The van der Waals surface area contributed by atoms with Gasteiger partial charge < -0.3 is 8.98 Å². The van der Waals surface area contributed by atoms with E-state index in [4.69, 9.17) is 4.42 Å². The third-order valence-electron chi connectivity index (χ3n) is 6.80. The van der Waals surface area contributed by atoms with E-state index in [0.717, 1.165) is 16.6 Å². The molecule has 0 unspecified atom stereocenters. The SMILES string of the molecule is c1ccc2c(c1)oc1c2ccc2c1c1ccccc1n2-c1ccc2sc3ccccc3c2c1. The van der Waals surface area contributed by atoms with Crippen molar-refractivity contribution in [3.63, 3.8) is 0 Å². The fourth-order valence-corrected chi connectivity index (χ4v) is 6.45. The third kappa shape index (κ3) is 2.27. The summed E-state index contributed by atoms with van der Waals surface area (Å²) in [6.45, 7) is 0. The van der Waals surface area contributed by atoms with Crippen LogP contribution in [0.2, 0.25) is 0 Å². The number of rotatable bonds is 1. The number of hydrogen-bond acceptors (Lipinski definition) is 2. The van der Waals surface area contributed by atoms with Crippen molar-refractivity contribution in [2.45, 2.75) is 0 Å². The highest BCUT2D eigenvalue weighted by atomic mass is 32.1. The first-order chi connectivity index (χ1) is 16.4. The fourth-order valence-electron chi connectivity index (χ4n) is 5.37. The quantitative estimate of drug-likeness (QED) is 0.249. The minimum absolute atomic E-state index is 0.933. The van der Waals surface area contributed by atoms with E-state index in [0.29, 0.717) is 0 Å². The average Bonchev–Trinajstić information content (AvgIpc) is 3.52. The molecule has 0 spiro atoms. The van der Waals surface area contributed by atoms with E-state index in [1.165, 1.54) is 53.1 Å². The van der Waals surface area contributed by atoms with E-state index in [1.54, 1.807) is 0 Å². The molecule has 0 fully saturated rings. The van der Waals surface area contributed by atoms with Gasteiger partial charge in [0.25, 0.3) is 0 Å². The molecule has 3 heteroatoms. The summed E-state index contributed by atoms with van der Waals surface area (Å²) in [5.41, 5.74) is 5.43. The number of fused-ring (bicyclic) bond motifs is 10. The zero-order chi connectivity index (χ0) is 21.5. The summed E-state index contributed by atoms with van der Waals surface area (Å²) in [7, 11) is 0. The summed E-state index contributed by atoms with van der Waals surface area (Å²) in [5, 5.41) is 7.35. The van der Waals surface area contributed by atoms with Crippen LogP contribution in [0.25, 0.3) is 69.6 Å². The fraction of sp³-hybridized carbons (Fsp3) is 0. The largest absolute Gasteiger partial charge is 0.455 e. The van der Waals surface area contributed by atoms with Gasteiger partial charge in [-0.3, -0.25) is 0 Å². The van der Waals surface area contributed by atoms with Gasteiger partial charge >= 0.3 is 0 Å². The lowest BCUT2D eigenvalue weighted by molar-refractivity contribution is 0.673. The van der Waals surface area contributed by atoms with Crippen LogP contribution in [0.1, 0.15) is 0 Å². The molecule has 0 aliphatic rings. The summed E-state index contributed by atoms with van der Waals surface area (Å²) in [6.07, 6.45) is 0. The highest BCUT2D eigenvalue weighted by Gasteiger charge is 2.18. The Morgan fingerprint density at radius 2 is 1.30 bits per heavy atom. The first-order valence-corrected chi connectivity index (χ1v) is 11.9. The van der Waals surface area contributed by atoms with Crippen LogP contribution in [0, 0.1) is 0 Å². The Labute approximate surface area is 192 Å². The van der Waals surface area contributed by atoms with Crippen molar-refractivity contribution in [2.24, 2.45) is 0 Å². The van der Waals surface area contributed by atoms with Gasteiger partial charge in [0.05, 0.1) is 16.4 Å². The molecular formula is C30H17NOS. The van der Waals surface area contributed by atoms with Crippen molar-refractivity contribution < 1.29 is 4.42 Å². The van der Waals surface area contributed by atoms with Gasteiger partial charge in [-0.15, -0.1) is 11.3 Å². The number of furan rings is 1. The molecule has 0 bridgehead atoms.